The molecule has 0 saturated carbocycles. The zero-order valence-corrected chi connectivity index (χ0v) is 16.0. The minimum absolute atomic E-state index is 0.120. The summed E-state index contributed by atoms with van der Waals surface area (Å²) in [6.45, 7) is 0.835. The highest BCUT2D eigenvalue weighted by atomic mass is 32.1. The molecule has 3 heterocycles. The van der Waals surface area contributed by atoms with Gasteiger partial charge in [-0.1, -0.05) is 36.4 Å². The van der Waals surface area contributed by atoms with Gasteiger partial charge < -0.3 is 20.3 Å². The number of ether oxygens (including phenoxy) is 1. The molecule has 1 aromatic heterocycles. The fourth-order valence-corrected chi connectivity index (χ4v) is 4.24. The summed E-state index contributed by atoms with van der Waals surface area (Å²) in [6, 6.07) is 11.8. The van der Waals surface area contributed by atoms with Crippen LogP contribution in [0.1, 0.15) is 21.7 Å². The number of nitrogens with one attached hydrogen (secondary N) is 2. The van der Waals surface area contributed by atoms with Crippen LogP contribution < -0.4 is 10.6 Å². The van der Waals surface area contributed by atoms with Crippen LogP contribution in [0.2, 0.25) is 0 Å². The summed E-state index contributed by atoms with van der Waals surface area (Å²) < 4.78 is 5.64. The first-order chi connectivity index (χ1) is 13.6. The first-order valence-electron chi connectivity index (χ1n) is 9.18. The Labute approximate surface area is 166 Å². The van der Waals surface area contributed by atoms with E-state index < -0.39 is 12.1 Å². The average Bonchev–Trinajstić information content (AvgIpc) is 3.37. The van der Waals surface area contributed by atoms with E-state index in [1.165, 1.54) is 11.3 Å². The number of thiophene rings is 1. The van der Waals surface area contributed by atoms with Crippen molar-refractivity contribution in [3.05, 3.63) is 58.3 Å². The molecule has 2 aliphatic rings. The summed E-state index contributed by atoms with van der Waals surface area (Å²) in [5.41, 5.74) is 1.01. The topological polar surface area (TPSA) is 87.7 Å². The van der Waals surface area contributed by atoms with Gasteiger partial charge in [-0.3, -0.25) is 14.4 Å². The van der Waals surface area contributed by atoms with E-state index in [0.29, 0.717) is 24.4 Å². The summed E-state index contributed by atoms with van der Waals surface area (Å²) in [5, 5.41) is 7.52. The Hall–Kier alpha value is -2.71. The standard InChI is InChI=1S/C20H21N3O4S/c24-18-16-9-14(21-19(25)17-7-4-8-28-17)10-23(16)20(26)15(22-18)12-27-11-13-5-2-1-3-6-13/h1-8,14-16H,9-12H2,(H,21,25)(H,22,24)/t14-,15-,16-/m0/s1. The molecule has 4 rings (SSSR count). The van der Waals surface area contributed by atoms with Crippen molar-refractivity contribution >= 4 is 29.1 Å². The van der Waals surface area contributed by atoms with Crippen molar-refractivity contribution in [3.8, 4) is 0 Å². The molecule has 0 radical (unpaired) electrons. The fourth-order valence-electron chi connectivity index (χ4n) is 3.61. The van der Waals surface area contributed by atoms with E-state index in [9.17, 15) is 14.4 Å². The van der Waals surface area contributed by atoms with Crippen molar-refractivity contribution in [1.29, 1.82) is 0 Å². The summed E-state index contributed by atoms with van der Waals surface area (Å²) in [7, 11) is 0. The number of fused-ring (bicyclic) bond motifs is 1. The Morgan fingerprint density at radius 3 is 2.79 bits per heavy atom. The molecule has 0 unspecified atom stereocenters. The van der Waals surface area contributed by atoms with Crippen molar-refractivity contribution in [2.75, 3.05) is 13.2 Å². The number of nitrogens with zero attached hydrogens (tertiary/aromatic N) is 1. The second-order valence-electron chi connectivity index (χ2n) is 6.95. The maximum atomic E-state index is 12.8. The Balaban J connectivity index is 1.33. The third-order valence-electron chi connectivity index (χ3n) is 4.98. The molecule has 1 aromatic carbocycles. The van der Waals surface area contributed by atoms with Crippen LogP contribution >= 0.6 is 11.3 Å². The quantitative estimate of drug-likeness (QED) is 0.763. The highest BCUT2D eigenvalue weighted by molar-refractivity contribution is 7.12. The predicted octanol–water partition coefficient (Wildman–Crippen LogP) is 1.16. The van der Waals surface area contributed by atoms with Gasteiger partial charge in [0.15, 0.2) is 0 Å². The molecular weight excluding hydrogens is 378 g/mol. The zero-order chi connectivity index (χ0) is 19.5. The van der Waals surface area contributed by atoms with Gasteiger partial charge in [0.1, 0.15) is 12.1 Å². The molecule has 2 aromatic rings. The van der Waals surface area contributed by atoms with Gasteiger partial charge in [-0.2, -0.15) is 0 Å². The van der Waals surface area contributed by atoms with E-state index in [1.54, 1.807) is 11.0 Å². The van der Waals surface area contributed by atoms with Gasteiger partial charge in [0.25, 0.3) is 5.91 Å². The molecule has 3 atom stereocenters. The molecular formula is C20H21N3O4S. The molecule has 0 aliphatic carbocycles. The number of hydrogen-bond donors (Lipinski definition) is 2. The van der Waals surface area contributed by atoms with E-state index in [2.05, 4.69) is 10.6 Å². The first-order valence-corrected chi connectivity index (χ1v) is 10.1. The number of benzene rings is 1. The third-order valence-corrected chi connectivity index (χ3v) is 5.85. The smallest absolute Gasteiger partial charge is 0.261 e. The SMILES string of the molecule is O=C(N[C@H]1C[C@H]2C(=O)N[C@@H](COCc3ccccc3)C(=O)N2C1)c1cccs1. The van der Waals surface area contributed by atoms with Crippen molar-refractivity contribution in [2.24, 2.45) is 0 Å². The first kappa shape index (κ1) is 18.6. The molecule has 0 bridgehead atoms. The highest BCUT2D eigenvalue weighted by Gasteiger charge is 2.46. The van der Waals surface area contributed by atoms with E-state index in [-0.39, 0.29) is 30.4 Å². The van der Waals surface area contributed by atoms with Crippen LogP contribution in [0.25, 0.3) is 0 Å². The van der Waals surface area contributed by atoms with Crippen molar-refractivity contribution in [2.45, 2.75) is 31.2 Å². The van der Waals surface area contributed by atoms with Gasteiger partial charge in [0.2, 0.25) is 11.8 Å². The van der Waals surface area contributed by atoms with Crippen LogP contribution in [-0.4, -0.2) is 53.9 Å². The van der Waals surface area contributed by atoms with Crippen molar-refractivity contribution < 1.29 is 19.1 Å². The predicted molar refractivity (Wildman–Crippen MR) is 104 cm³/mol. The minimum Gasteiger partial charge on any atom is -0.374 e. The molecule has 3 amide bonds. The third kappa shape index (κ3) is 3.93. The number of rotatable bonds is 6. The molecule has 2 N–H and O–H groups in total. The Morgan fingerprint density at radius 1 is 1.21 bits per heavy atom. The van der Waals surface area contributed by atoms with Crippen LogP contribution in [0.3, 0.4) is 0 Å². The van der Waals surface area contributed by atoms with Gasteiger partial charge in [0.05, 0.1) is 18.1 Å². The summed E-state index contributed by atoms with van der Waals surface area (Å²) in [4.78, 5) is 39.7. The van der Waals surface area contributed by atoms with Crippen molar-refractivity contribution in [3.63, 3.8) is 0 Å². The molecule has 0 spiro atoms. The molecule has 2 saturated heterocycles. The lowest BCUT2D eigenvalue weighted by Gasteiger charge is -2.34. The van der Waals surface area contributed by atoms with E-state index in [4.69, 9.17) is 4.74 Å². The van der Waals surface area contributed by atoms with Crippen LogP contribution in [0.15, 0.2) is 47.8 Å². The number of piperazine rings is 1. The summed E-state index contributed by atoms with van der Waals surface area (Å²) in [5.74, 6) is -0.526. The monoisotopic (exact) mass is 399 g/mol. The zero-order valence-electron chi connectivity index (χ0n) is 15.2. The summed E-state index contributed by atoms with van der Waals surface area (Å²) in [6.07, 6.45) is 0.423. The molecule has 2 fully saturated rings. The molecule has 2 aliphatic heterocycles. The lowest BCUT2D eigenvalue weighted by atomic mass is 10.1. The Morgan fingerprint density at radius 2 is 2.04 bits per heavy atom. The van der Waals surface area contributed by atoms with E-state index in [1.807, 2.05) is 41.8 Å². The largest absolute Gasteiger partial charge is 0.374 e. The van der Waals surface area contributed by atoms with Crippen LogP contribution in [0, 0.1) is 0 Å². The summed E-state index contributed by atoms with van der Waals surface area (Å²) >= 11 is 1.36. The lowest BCUT2D eigenvalue weighted by Crippen LogP contribution is -2.62. The number of hydrogen-bond acceptors (Lipinski definition) is 5. The van der Waals surface area contributed by atoms with Crippen LogP contribution in [0.5, 0.6) is 0 Å². The fraction of sp³-hybridized carbons (Fsp3) is 0.350. The maximum Gasteiger partial charge on any atom is 0.261 e. The second-order valence-corrected chi connectivity index (χ2v) is 7.90. The molecule has 8 heteroatoms. The van der Waals surface area contributed by atoms with E-state index in [0.717, 1.165) is 5.56 Å². The lowest BCUT2D eigenvalue weighted by molar-refractivity contribution is -0.148. The minimum atomic E-state index is -0.695. The molecule has 146 valence electrons. The van der Waals surface area contributed by atoms with Gasteiger partial charge in [-0.25, -0.2) is 0 Å². The Kier molecular flexibility index (Phi) is 5.40. The average molecular weight is 399 g/mol. The van der Waals surface area contributed by atoms with Crippen LogP contribution in [0.4, 0.5) is 0 Å². The van der Waals surface area contributed by atoms with Gasteiger partial charge >= 0.3 is 0 Å². The number of carbonyl (C=O) groups excluding carboxylic acids is 3. The van der Waals surface area contributed by atoms with Gasteiger partial charge in [0, 0.05) is 12.6 Å². The van der Waals surface area contributed by atoms with Crippen LogP contribution in [-0.2, 0) is 20.9 Å². The van der Waals surface area contributed by atoms with Gasteiger partial charge in [-0.15, -0.1) is 11.3 Å². The molecule has 7 nitrogen and oxygen atoms in total. The Bertz CT molecular complexity index is 856. The second kappa shape index (κ2) is 8.12. The maximum absolute atomic E-state index is 12.8. The normalized spacial score (nSPS) is 24.0. The molecule has 28 heavy (non-hydrogen) atoms. The highest BCUT2D eigenvalue weighted by Crippen LogP contribution is 2.23. The van der Waals surface area contributed by atoms with Crippen molar-refractivity contribution in [1.82, 2.24) is 15.5 Å². The number of carbonyl (C=O) groups is 3. The number of amides is 3. The van der Waals surface area contributed by atoms with Gasteiger partial charge in [-0.05, 0) is 23.4 Å². The van der Waals surface area contributed by atoms with E-state index >= 15 is 0 Å².